The first kappa shape index (κ1) is 21.4. The van der Waals surface area contributed by atoms with Crippen molar-refractivity contribution in [3.63, 3.8) is 0 Å². The maximum Gasteiger partial charge on any atom is 0.236 e. The number of nitrogens with one attached hydrogen (secondary N) is 2. The number of aromatic nitrogens is 3. The van der Waals surface area contributed by atoms with Crippen LogP contribution in [0.15, 0.2) is 72.8 Å². The summed E-state index contributed by atoms with van der Waals surface area (Å²) >= 11 is 0. The van der Waals surface area contributed by atoms with E-state index in [4.69, 9.17) is 10.5 Å². The Labute approximate surface area is 188 Å². The van der Waals surface area contributed by atoms with Crippen molar-refractivity contribution in [2.75, 3.05) is 17.2 Å². The number of phenols is 2. The number of benzene rings is 3. The first-order chi connectivity index (χ1) is 16.0. The van der Waals surface area contributed by atoms with Gasteiger partial charge in [-0.1, -0.05) is 12.1 Å². The lowest BCUT2D eigenvalue weighted by Crippen LogP contribution is -2.23. The number of para-hydroxylation sites is 1. The number of rotatable bonds is 8. The van der Waals surface area contributed by atoms with E-state index in [-0.39, 0.29) is 35.8 Å². The van der Waals surface area contributed by atoms with Gasteiger partial charge in [0.2, 0.25) is 17.8 Å². The summed E-state index contributed by atoms with van der Waals surface area (Å²) in [4.78, 5) is 24.4. The molecule has 0 aliphatic heterocycles. The highest BCUT2D eigenvalue weighted by atomic mass is 16.5. The molecule has 0 saturated heterocycles. The molecule has 0 aliphatic rings. The van der Waals surface area contributed by atoms with E-state index in [9.17, 15) is 15.0 Å². The van der Waals surface area contributed by atoms with Crippen LogP contribution in [0.2, 0.25) is 0 Å². The zero-order chi connectivity index (χ0) is 23.2. The minimum atomic E-state index is -0.568. The zero-order valence-electron chi connectivity index (χ0n) is 17.3. The number of ether oxygens (including phenoxy) is 1. The number of hydrogen-bond acceptors (Lipinski definition) is 9. The van der Waals surface area contributed by atoms with Crippen LogP contribution in [0.3, 0.4) is 0 Å². The number of carbonyl (C=O) groups excluding carboxylic acids is 1. The molecule has 3 aromatic carbocycles. The zero-order valence-corrected chi connectivity index (χ0v) is 17.3. The molecule has 1 aromatic heterocycles. The van der Waals surface area contributed by atoms with Gasteiger partial charge in [-0.25, -0.2) is 0 Å². The minimum absolute atomic E-state index is 0.126. The molecule has 33 heavy (non-hydrogen) atoms. The summed E-state index contributed by atoms with van der Waals surface area (Å²) in [5.74, 6) is 1.31. The van der Waals surface area contributed by atoms with E-state index in [1.807, 2.05) is 12.1 Å². The first-order valence-corrected chi connectivity index (χ1v) is 9.87. The van der Waals surface area contributed by atoms with Crippen LogP contribution < -0.4 is 21.1 Å². The van der Waals surface area contributed by atoms with E-state index in [0.29, 0.717) is 22.7 Å². The summed E-state index contributed by atoms with van der Waals surface area (Å²) < 4.78 is 5.97. The summed E-state index contributed by atoms with van der Waals surface area (Å²) in [6.45, 7) is -0.159. The van der Waals surface area contributed by atoms with E-state index in [2.05, 4.69) is 25.6 Å². The van der Waals surface area contributed by atoms with Crippen molar-refractivity contribution in [1.82, 2.24) is 15.0 Å². The van der Waals surface area contributed by atoms with Gasteiger partial charge in [0.15, 0.2) is 5.82 Å². The van der Waals surface area contributed by atoms with Gasteiger partial charge < -0.3 is 31.3 Å². The average Bonchev–Trinajstić information content (AvgIpc) is 2.81. The third-order valence-corrected chi connectivity index (χ3v) is 4.37. The first-order valence-electron chi connectivity index (χ1n) is 9.87. The predicted molar refractivity (Wildman–Crippen MR) is 123 cm³/mol. The highest BCUT2D eigenvalue weighted by Gasteiger charge is 2.14. The molecule has 4 aromatic rings. The molecule has 6 N–H and O–H groups in total. The van der Waals surface area contributed by atoms with E-state index < -0.39 is 5.91 Å². The molecule has 0 spiro atoms. The fourth-order valence-electron chi connectivity index (χ4n) is 2.85. The van der Waals surface area contributed by atoms with Gasteiger partial charge in [0.05, 0.1) is 12.1 Å². The van der Waals surface area contributed by atoms with Gasteiger partial charge in [-0.3, -0.25) is 4.79 Å². The number of anilines is 3. The van der Waals surface area contributed by atoms with Gasteiger partial charge in [-0.15, -0.1) is 0 Å². The normalized spacial score (nSPS) is 10.4. The molecule has 0 atom stereocenters. The molecular formula is C23H20N6O4. The molecule has 0 unspecified atom stereocenters. The van der Waals surface area contributed by atoms with Crippen LogP contribution in [-0.4, -0.2) is 37.6 Å². The molecule has 0 fully saturated rings. The Balaban J connectivity index is 1.71. The molecule has 0 saturated carbocycles. The third kappa shape index (κ3) is 5.64. The summed E-state index contributed by atoms with van der Waals surface area (Å²) in [6.07, 6.45) is 0. The number of primary amides is 1. The van der Waals surface area contributed by atoms with Gasteiger partial charge in [0.25, 0.3) is 0 Å². The maximum atomic E-state index is 11.2. The van der Waals surface area contributed by atoms with Gasteiger partial charge in [0, 0.05) is 5.69 Å². The van der Waals surface area contributed by atoms with Gasteiger partial charge in [-0.05, 0) is 60.7 Å². The number of nitrogens with zero attached hydrogens (tertiary/aromatic N) is 3. The molecule has 10 nitrogen and oxygen atoms in total. The van der Waals surface area contributed by atoms with Gasteiger partial charge in [0.1, 0.15) is 23.0 Å². The maximum absolute atomic E-state index is 11.2. The molecule has 0 aliphatic carbocycles. The van der Waals surface area contributed by atoms with Crippen LogP contribution in [0.5, 0.6) is 23.0 Å². The van der Waals surface area contributed by atoms with Crippen LogP contribution in [0.1, 0.15) is 0 Å². The van der Waals surface area contributed by atoms with Crippen molar-refractivity contribution >= 4 is 23.5 Å². The molecule has 4 rings (SSSR count). The highest BCUT2D eigenvalue weighted by molar-refractivity contribution is 5.78. The molecule has 10 heteroatoms. The van der Waals surface area contributed by atoms with Crippen LogP contribution >= 0.6 is 0 Å². The second-order valence-corrected chi connectivity index (χ2v) is 6.89. The van der Waals surface area contributed by atoms with Crippen molar-refractivity contribution in [3.05, 3.63) is 72.8 Å². The smallest absolute Gasteiger partial charge is 0.236 e. The van der Waals surface area contributed by atoms with Crippen LogP contribution in [0.25, 0.3) is 11.4 Å². The quantitative estimate of drug-likeness (QED) is 0.257. The van der Waals surface area contributed by atoms with Crippen molar-refractivity contribution in [2.24, 2.45) is 5.73 Å². The van der Waals surface area contributed by atoms with Crippen LogP contribution in [-0.2, 0) is 4.79 Å². The molecule has 1 amide bonds. The lowest BCUT2D eigenvalue weighted by atomic mass is 10.2. The fraction of sp³-hybridized carbons (Fsp3) is 0.0435. The van der Waals surface area contributed by atoms with Crippen LogP contribution in [0.4, 0.5) is 17.6 Å². The largest absolute Gasteiger partial charge is 0.508 e. The van der Waals surface area contributed by atoms with Crippen LogP contribution in [0, 0.1) is 0 Å². The van der Waals surface area contributed by atoms with Gasteiger partial charge >= 0.3 is 0 Å². The Morgan fingerprint density at radius 2 is 1.48 bits per heavy atom. The summed E-state index contributed by atoms with van der Waals surface area (Å²) in [7, 11) is 0. The molecule has 166 valence electrons. The Kier molecular flexibility index (Phi) is 6.17. The lowest BCUT2D eigenvalue weighted by molar-refractivity contribution is -0.116. The second-order valence-electron chi connectivity index (χ2n) is 6.89. The Bertz CT molecular complexity index is 1260. The summed E-state index contributed by atoms with van der Waals surface area (Å²) in [5, 5.41) is 24.8. The Hall–Kier alpha value is -4.86. The Morgan fingerprint density at radius 1 is 0.848 bits per heavy atom. The SMILES string of the molecule is NC(=O)CNc1nc(Nc2ccc(O)cc2)nc(-c2ccccc2Oc2ccc(O)cc2)n1. The van der Waals surface area contributed by atoms with E-state index >= 15 is 0 Å². The van der Waals surface area contributed by atoms with Crippen molar-refractivity contribution in [1.29, 1.82) is 0 Å². The lowest BCUT2D eigenvalue weighted by Gasteiger charge is -2.13. The van der Waals surface area contributed by atoms with Crippen molar-refractivity contribution in [3.8, 4) is 34.4 Å². The number of amides is 1. The number of nitrogens with two attached hydrogens (primary N) is 1. The number of phenolic OH excluding ortho intramolecular Hbond substituents is 2. The molecular weight excluding hydrogens is 424 g/mol. The van der Waals surface area contributed by atoms with E-state index in [1.54, 1.807) is 36.4 Å². The number of hydrogen-bond donors (Lipinski definition) is 5. The molecule has 0 radical (unpaired) electrons. The Morgan fingerprint density at radius 3 is 2.18 bits per heavy atom. The standard InChI is InChI=1S/C23H20N6O4/c24-20(32)13-25-22-27-21(28-23(29-22)26-14-5-7-15(30)8-6-14)18-3-1-2-4-19(18)33-17-11-9-16(31)10-12-17/h1-12,30-31H,13H2,(H2,24,32)(H2,25,26,27,28,29). The number of aromatic hydroxyl groups is 2. The monoisotopic (exact) mass is 444 g/mol. The second kappa shape index (κ2) is 9.52. The number of carbonyl (C=O) groups is 1. The minimum Gasteiger partial charge on any atom is -0.508 e. The topological polar surface area (TPSA) is 156 Å². The predicted octanol–water partition coefficient (Wildman–Crippen LogP) is 3.38. The fourth-order valence-corrected chi connectivity index (χ4v) is 2.85. The summed E-state index contributed by atoms with van der Waals surface area (Å²) in [5.41, 5.74) is 6.45. The van der Waals surface area contributed by atoms with E-state index in [0.717, 1.165) is 0 Å². The average molecular weight is 444 g/mol. The van der Waals surface area contributed by atoms with E-state index in [1.165, 1.54) is 24.3 Å². The molecule has 1 heterocycles. The van der Waals surface area contributed by atoms with Gasteiger partial charge in [-0.2, -0.15) is 15.0 Å². The van der Waals surface area contributed by atoms with Crippen molar-refractivity contribution in [2.45, 2.75) is 0 Å². The highest BCUT2D eigenvalue weighted by Crippen LogP contribution is 2.33. The summed E-state index contributed by atoms with van der Waals surface area (Å²) in [6, 6.07) is 19.9. The molecule has 0 bridgehead atoms. The third-order valence-electron chi connectivity index (χ3n) is 4.37. The van der Waals surface area contributed by atoms with Crippen molar-refractivity contribution < 1.29 is 19.7 Å².